The van der Waals surface area contributed by atoms with Gasteiger partial charge in [0.05, 0.1) is 0 Å². The molecule has 23 heavy (non-hydrogen) atoms. The number of aromatic nitrogens is 3. The molecule has 3 aromatic rings. The summed E-state index contributed by atoms with van der Waals surface area (Å²) in [6.45, 7) is 3.76. The first-order chi connectivity index (χ1) is 11.0. The zero-order valence-corrected chi connectivity index (χ0v) is 13.0. The number of carbonyl (C=O) groups excluding carboxylic acids is 1. The lowest BCUT2D eigenvalue weighted by Gasteiger charge is -2.12. The molecule has 0 saturated heterocycles. The van der Waals surface area contributed by atoms with E-state index in [4.69, 9.17) is 0 Å². The maximum Gasteiger partial charge on any atom is 0.274 e. The lowest BCUT2D eigenvalue weighted by Crippen LogP contribution is -2.34. The summed E-state index contributed by atoms with van der Waals surface area (Å²) in [6.07, 6.45) is 5.63. The van der Waals surface area contributed by atoms with Crippen LogP contribution in [-0.2, 0) is 6.42 Å². The van der Waals surface area contributed by atoms with E-state index in [1.165, 1.54) is 4.40 Å². The number of nitrogens with one attached hydrogen (secondary N) is 1. The zero-order chi connectivity index (χ0) is 16.4. The average Bonchev–Trinajstić information content (AvgIpc) is 2.84. The van der Waals surface area contributed by atoms with Crippen molar-refractivity contribution in [3.8, 4) is 0 Å². The standard InChI is InChI=1S/C17H17FN4O/c1-11-5-7-22-14(8-11)21-15(16(22)18)17(23)20-12(2)9-13-4-3-6-19-10-13/h3-8,10,12H,9H2,1-2H3,(H,20,23)/t12-/m0/s1. The summed E-state index contributed by atoms with van der Waals surface area (Å²) in [5.41, 5.74) is 2.20. The van der Waals surface area contributed by atoms with Crippen LogP contribution < -0.4 is 5.32 Å². The van der Waals surface area contributed by atoms with E-state index in [-0.39, 0.29) is 11.7 Å². The molecule has 1 N–H and O–H groups in total. The number of amides is 1. The van der Waals surface area contributed by atoms with Crippen molar-refractivity contribution < 1.29 is 9.18 Å². The number of nitrogens with zero attached hydrogens (tertiary/aromatic N) is 3. The molecule has 0 spiro atoms. The highest BCUT2D eigenvalue weighted by Gasteiger charge is 2.20. The predicted octanol–water partition coefficient (Wildman–Crippen LogP) is 2.54. The second kappa shape index (κ2) is 6.16. The minimum absolute atomic E-state index is 0.155. The van der Waals surface area contributed by atoms with Crippen LogP contribution in [-0.4, -0.2) is 26.3 Å². The van der Waals surface area contributed by atoms with Gasteiger partial charge in [-0.2, -0.15) is 4.39 Å². The van der Waals surface area contributed by atoms with Crippen LogP contribution in [0.5, 0.6) is 0 Å². The van der Waals surface area contributed by atoms with Crippen molar-refractivity contribution in [1.29, 1.82) is 0 Å². The van der Waals surface area contributed by atoms with Crippen LogP contribution in [0.2, 0.25) is 0 Å². The number of halogens is 1. The largest absolute Gasteiger partial charge is 0.348 e. The van der Waals surface area contributed by atoms with Gasteiger partial charge in [-0.25, -0.2) is 4.98 Å². The average molecular weight is 312 g/mol. The number of rotatable bonds is 4. The molecule has 0 aromatic carbocycles. The quantitative estimate of drug-likeness (QED) is 0.805. The number of imidazole rings is 1. The number of aryl methyl sites for hydroxylation is 1. The van der Waals surface area contributed by atoms with Gasteiger partial charge in [0.1, 0.15) is 5.65 Å². The monoisotopic (exact) mass is 312 g/mol. The summed E-state index contributed by atoms with van der Waals surface area (Å²) in [5, 5.41) is 2.78. The first kappa shape index (κ1) is 15.1. The molecule has 0 aliphatic rings. The Morgan fingerprint density at radius 3 is 3.00 bits per heavy atom. The Hall–Kier alpha value is -2.76. The minimum atomic E-state index is -0.647. The molecule has 1 amide bonds. The fourth-order valence-electron chi connectivity index (χ4n) is 2.48. The Morgan fingerprint density at radius 1 is 1.43 bits per heavy atom. The molecule has 118 valence electrons. The SMILES string of the molecule is Cc1ccn2c(F)c(C(=O)N[C@@H](C)Cc3cccnc3)nc2c1. The van der Waals surface area contributed by atoms with Crippen LogP contribution >= 0.6 is 0 Å². The molecule has 0 unspecified atom stereocenters. The first-order valence-electron chi connectivity index (χ1n) is 7.38. The predicted molar refractivity (Wildman–Crippen MR) is 84.8 cm³/mol. The Morgan fingerprint density at radius 2 is 2.26 bits per heavy atom. The number of carbonyl (C=O) groups is 1. The van der Waals surface area contributed by atoms with Crippen LogP contribution in [0.15, 0.2) is 42.9 Å². The molecular formula is C17H17FN4O. The highest BCUT2D eigenvalue weighted by Crippen LogP contribution is 2.13. The van der Waals surface area contributed by atoms with Crippen molar-refractivity contribution in [3.63, 3.8) is 0 Å². The van der Waals surface area contributed by atoms with Gasteiger partial charge in [-0.05, 0) is 49.6 Å². The number of hydrogen-bond donors (Lipinski definition) is 1. The maximum atomic E-state index is 14.3. The molecule has 3 aromatic heterocycles. The minimum Gasteiger partial charge on any atom is -0.348 e. The topological polar surface area (TPSA) is 59.3 Å². The summed E-state index contributed by atoms with van der Waals surface area (Å²) >= 11 is 0. The summed E-state index contributed by atoms with van der Waals surface area (Å²) in [6, 6.07) is 7.12. The van der Waals surface area contributed by atoms with Crippen molar-refractivity contribution in [2.45, 2.75) is 26.3 Å². The second-order valence-corrected chi connectivity index (χ2v) is 5.62. The van der Waals surface area contributed by atoms with Gasteiger partial charge < -0.3 is 5.32 Å². The second-order valence-electron chi connectivity index (χ2n) is 5.62. The zero-order valence-electron chi connectivity index (χ0n) is 13.0. The van der Waals surface area contributed by atoms with Crippen molar-refractivity contribution in [2.24, 2.45) is 0 Å². The van der Waals surface area contributed by atoms with E-state index in [1.807, 2.05) is 26.0 Å². The lowest BCUT2D eigenvalue weighted by atomic mass is 10.1. The highest BCUT2D eigenvalue weighted by molar-refractivity contribution is 5.93. The van der Waals surface area contributed by atoms with Gasteiger partial charge in [0, 0.05) is 24.6 Å². The van der Waals surface area contributed by atoms with Gasteiger partial charge in [-0.15, -0.1) is 0 Å². The van der Waals surface area contributed by atoms with Crippen LogP contribution in [0.4, 0.5) is 4.39 Å². The molecule has 6 heteroatoms. The third kappa shape index (κ3) is 3.21. The molecule has 1 atom stereocenters. The smallest absolute Gasteiger partial charge is 0.274 e. The molecule has 0 fully saturated rings. The van der Waals surface area contributed by atoms with Crippen molar-refractivity contribution >= 4 is 11.6 Å². The van der Waals surface area contributed by atoms with Gasteiger partial charge in [-0.3, -0.25) is 14.2 Å². The fraction of sp³-hybridized carbons (Fsp3) is 0.235. The molecule has 0 saturated carbocycles. The Kier molecular flexibility index (Phi) is 4.06. The number of pyridine rings is 2. The Bertz CT molecular complexity index is 844. The van der Waals surface area contributed by atoms with E-state index >= 15 is 0 Å². The molecule has 5 nitrogen and oxygen atoms in total. The van der Waals surface area contributed by atoms with Crippen molar-refractivity contribution in [2.75, 3.05) is 0 Å². The van der Waals surface area contributed by atoms with Crippen molar-refractivity contribution in [3.05, 3.63) is 65.6 Å². The van der Waals surface area contributed by atoms with Gasteiger partial charge in [0.2, 0.25) is 5.95 Å². The van der Waals surface area contributed by atoms with Gasteiger partial charge in [0.25, 0.3) is 5.91 Å². The van der Waals surface area contributed by atoms with Crippen LogP contribution in [0.25, 0.3) is 5.65 Å². The van der Waals surface area contributed by atoms with Crippen LogP contribution in [0.1, 0.15) is 28.5 Å². The molecule has 0 aliphatic heterocycles. The van der Waals surface area contributed by atoms with E-state index in [9.17, 15) is 9.18 Å². The Balaban J connectivity index is 1.76. The lowest BCUT2D eigenvalue weighted by molar-refractivity contribution is 0.0931. The maximum absolute atomic E-state index is 14.3. The molecule has 3 heterocycles. The number of hydrogen-bond acceptors (Lipinski definition) is 3. The first-order valence-corrected chi connectivity index (χ1v) is 7.38. The highest BCUT2D eigenvalue weighted by atomic mass is 19.1. The summed E-state index contributed by atoms with van der Waals surface area (Å²) < 4.78 is 15.6. The van der Waals surface area contributed by atoms with E-state index in [2.05, 4.69) is 15.3 Å². The van der Waals surface area contributed by atoms with Gasteiger partial charge in [-0.1, -0.05) is 6.07 Å². The van der Waals surface area contributed by atoms with Gasteiger partial charge >= 0.3 is 0 Å². The summed E-state index contributed by atoms with van der Waals surface area (Å²) in [5.74, 6) is -1.16. The molecule has 0 bridgehead atoms. The normalized spacial score (nSPS) is 12.3. The third-order valence-corrected chi connectivity index (χ3v) is 3.58. The van der Waals surface area contributed by atoms with Crippen LogP contribution in [0.3, 0.4) is 0 Å². The fourth-order valence-corrected chi connectivity index (χ4v) is 2.48. The van der Waals surface area contributed by atoms with E-state index < -0.39 is 11.9 Å². The van der Waals surface area contributed by atoms with E-state index in [1.54, 1.807) is 30.7 Å². The molecule has 3 rings (SSSR count). The van der Waals surface area contributed by atoms with E-state index in [0.29, 0.717) is 12.1 Å². The van der Waals surface area contributed by atoms with Crippen LogP contribution in [0, 0.1) is 12.9 Å². The molecule has 0 radical (unpaired) electrons. The Labute approximate surface area is 133 Å². The summed E-state index contributed by atoms with van der Waals surface area (Å²) in [7, 11) is 0. The van der Waals surface area contributed by atoms with E-state index in [0.717, 1.165) is 11.1 Å². The molecular weight excluding hydrogens is 295 g/mol. The summed E-state index contributed by atoms with van der Waals surface area (Å²) in [4.78, 5) is 20.4. The van der Waals surface area contributed by atoms with Crippen molar-refractivity contribution in [1.82, 2.24) is 19.7 Å². The van der Waals surface area contributed by atoms with Gasteiger partial charge in [0.15, 0.2) is 5.69 Å². The third-order valence-electron chi connectivity index (χ3n) is 3.58. The number of fused-ring (bicyclic) bond motifs is 1. The molecule has 0 aliphatic carbocycles.